The molecular formula is C26H24FN3O4. The second-order valence-electron chi connectivity index (χ2n) is 7.80. The van der Waals surface area contributed by atoms with E-state index in [-0.39, 0.29) is 24.3 Å². The summed E-state index contributed by atoms with van der Waals surface area (Å²) in [7, 11) is 0. The SMILES string of the molecule is O=C(NCC(=O)N1CCN(C(=O)c2ccc(F)cc2)CC1)c1ccc(Oc2ccccc2)cc1. The second-order valence-corrected chi connectivity index (χ2v) is 7.80. The highest BCUT2D eigenvalue weighted by molar-refractivity contribution is 5.97. The van der Waals surface area contributed by atoms with Gasteiger partial charge in [-0.1, -0.05) is 18.2 Å². The Balaban J connectivity index is 1.22. The summed E-state index contributed by atoms with van der Waals surface area (Å²) in [6.45, 7) is 1.35. The average Bonchev–Trinajstić information content (AvgIpc) is 2.88. The van der Waals surface area contributed by atoms with E-state index < -0.39 is 5.82 Å². The van der Waals surface area contributed by atoms with Crippen LogP contribution in [0.15, 0.2) is 78.9 Å². The number of rotatable bonds is 6. The molecule has 0 spiro atoms. The van der Waals surface area contributed by atoms with Crippen molar-refractivity contribution in [2.75, 3.05) is 32.7 Å². The summed E-state index contributed by atoms with van der Waals surface area (Å²) in [5.74, 6) is 0.137. The number of ether oxygens (including phenoxy) is 1. The maximum absolute atomic E-state index is 13.1. The fraction of sp³-hybridized carbons (Fsp3) is 0.192. The van der Waals surface area contributed by atoms with Crippen molar-refractivity contribution < 1.29 is 23.5 Å². The van der Waals surface area contributed by atoms with Crippen molar-refractivity contribution in [2.24, 2.45) is 0 Å². The van der Waals surface area contributed by atoms with Gasteiger partial charge in [0.05, 0.1) is 6.54 Å². The van der Waals surface area contributed by atoms with Gasteiger partial charge in [-0.15, -0.1) is 0 Å². The first-order valence-corrected chi connectivity index (χ1v) is 10.9. The van der Waals surface area contributed by atoms with Gasteiger partial charge in [0.25, 0.3) is 11.8 Å². The van der Waals surface area contributed by atoms with E-state index in [1.807, 2.05) is 30.3 Å². The lowest BCUT2D eigenvalue weighted by Gasteiger charge is -2.34. The van der Waals surface area contributed by atoms with Gasteiger partial charge >= 0.3 is 0 Å². The Morgan fingerprint density at radius 2 is 1.29 bits per heavy atom. The first-order valence-electron chi connectivity index (χ1n) is 10.9. The van der Waals surface area contributed by atoms with E-state index in [0.29, 0.717) is 48.8 Å². The number of carbonyl (C=O) groups excluding carboxylic acids is 3. The number of hydrogen-bond acceptors (Lipinski definition) is 4. The largest absolute Gasteiger partial charge is 0.457 e. The van der Waals surface area contributed by atoms with Crippen LogP contribution in [0.2, 0.25) is 0 Å². The smallest absolute Gasteiger partial charge is 0.253 e. The molecule has 0 bridgehead atoms. The van der Waals surface area contributed by atoms with Crippen LogP contribution in [-0.4, -0.2) is 60.2 Å². The van der Waals surface area contributed by atoms with E-state index in [1.165, 1.54) is 24.3 Å². The highest BCUT2D eigenvalue weighted by atomic mass is 19.1. The number of piperazine rings is 1. The molecule has 1 heterocycles. The summed E-state index contributed by atoms with van der Waals surface area (Å²) < 4.78 is 18.8. The van der Waals surface area contributed by atoms with Crippen molar-refractivity contribution >= 4 is 17.7 Å². The lowest BCUT2D eigenvalue weighted by molar-refractivity contribution is -0.131. The molecule has 0 unspecified atom stereocenters. The molecule has 174 valence electrons. The normalized spacial score (nSPS) is 13.3. The molecule has 7 nitrogen and oxygen atoms in total. The van der Waals surface area contributed by atoms with E-state index in [2.05, 4.69) is 5.32 Å². The minimum Gasteiger partial charge on any atom is -0.457 e. The van der Waals surface area contributed by atoms with E-state index in [0.717, 1.165) is 0 Å². The Labute approximate surface area is 196 Å². The predicted octanol–water partition coefficient (Wildman–Crippen LogP) is 3.33. The molecule has 0 radical (unpaired) electrons. The van der Waals surface area contributed by atoms with Gasteiger partial charge in [-0.05, 0) is 60.7 Å². The van der Waals surface area contributed by atoms with Crippen molar-refractivity contribution in [3.05, 3.63) is 95.8 Å². The molecular weight excluding hydrogens is 437 g/mol. The Morgan fingerprint density at radius 3 is 1.94 bits per heavy atom. The first-order chi connectivity index (χ1) is 16.5. The molecule has 1 aliphatic heterocycles. The molecule has 1 saturated heterocycles. The van der Waals surface area contributed by atoms with Crippen LogP contribution in [-0.2, 0) is 4.79 Å². The van der Waals surface area contributed by atoms with Crippen LogP contribution >= 0.6 is 0 Å². The van der Waals surface area contributed by atoms with E-state index in [4.69, 9.17) is 4.74 Å². The van der Waals surface area contributed by atoms with Gasteiger partial charge in [-0.2, -0.15) is 0 Å². The predicted molar refractivity (Wildman–Crippen MR) is 124 cm³/mol. The Kier molecular flexibility index (Phi) is 7.17. The van der Waals surface area contributed by atoms with Gasteiger partial charge in [0.15, 0.2) is 0 Å². The minimum absolute atomic E-state index is 0.132. The molecule has 3 aromatic carbocycles. The summed E-state index contributed by atoms with van der Waals surface area (Å²) in [5, 5.41) is 2.64. The molecule has 3 amide bonds. The molecule has 1 aliphatic rings. The average molecular weight is 461 g/mol. The summed E-state index contributed by atoms with van der Waals surface area (Å²) in [6, 6.07) is 21.4. The summed E-state index contributed by atoms with van der Waals surface area (Å²) in [5.41, 5.74) is 0.830. The number of hydrogen-bond donors (Lipinski definition) is 1. The van der Waals surface area contributed by atoms with E-state index in [9.17, 15) is 18.8 Å². The lowest BCUT2D eigenvalue weighted by Crippen LogP contribution is -2.52. The van der Waals surface area contributed by atoms with Crippen LogP contribution in [0.3, 0.4) is 0 Å². The van der Waals surface area contributed by atoms with Gasteiger partial charge < -0.3 is 19.9 Å². The van der Waals surface area contributed by atoms with E-state index in [1.54, 1.807) is 34.1 Å². The quantitative estimate of drug-likeness (QED) is 0.611. The fourth-order valence-electron chi connectivity index (χ4n) is 3.60. The van der Waals surface area contributed by atoms with Gasteiger partial charge in [0, 0.05) is 37.3 Å². The third-order valence-corrected chi connectivity index (χ3v) is 5.51. The zero-order chi connectivity index (χ0) is 23.9. The van der Waals surface area contributed by atoms with Crippen LogP contribution in [0.1, 0.15) is 20.7 Å². The Bertz CT molecular complexity index is 1140. The van der Waals surface area contributed by atoms with Crippen LogP contribution in [0.25, 0.3) is 0 Å². The summed E-state index contributed by atoms with van der Waals surface area (Å²) >= 11 is 0. The zero-order valence-electron chi connectivity index (χ0n) is 18.4. The van der Waals surface area contributed by atoms with Gasteiger partial charge in [-0.3, -0.25) is 14.4 Å². The number of carbonyl (C=O) groups is 3. The number of nitrogens with one attached hydrogen (secondary N) is 1. The number of para-hydroxylation sites is 1. The van der Waals surface area contributed by atoms with Crippen LogP contribution in [0.4, 0.5) is 4.39 Å². The maximum Gasteiger partial charge on any atom is 0.253 e. The molecule has 1 fully saturated rings. The molecule has 0 atom stereocenters. The van der Waals surface area contributed by atoms with Gasteiger partial charge in [0.2, 0.25) is 5.91 Å². The van der Waals surface area contributed by atoms with Crippen molar-refractivity contribution in [1.82, 2.24) is 15.1 Å². The Morgan fingerprint density at radius 1 is 0.735 bits per heavy atom. The standard InChI is InChI=1S/C26H24FN3O4/c27-21-10-6-20(7-11-21)26(33)30-16-14-29(15-17-30)24(31)18-28-25(32)19-8-12-23(13-9-19)34-22-4-2-1-3-5-22/h1-13H,14-18H2,(H,28,32). The lowest BCUT2D eigenvalue weighted by atomic mass is 10.1. The molecule has 0 saturated carbocycles. The van der Waals surface area contributed by atoms with Crippen molar-refractivity contribution in [3.8, 4) is 11.5 Å². The van der Waals surface area contributed by atoms with Crippen LogP contribution < -0.4 is 10.1 Å². The van der Waals surface area contributed by atoms with Gasteiger partial charge in [-0.25, -0.2) is 4.39 Å². The van der Waals surface area contributed by atoms with Crippen molar-refractivity contribution in [2.45, 2.75) is 0 Å². The highest BCUT2D eigenvalue weighted by Crippen LogP contribution is 2.21. The zero-order valence-corrected chi connectivity index (χ0v) is 18.4. The first kappa shape index (κ1) is 23.0. The van der Waals surface area contributed by atoms with Gasteiger partial charge in [0.1, 0.15) is 17.3 Å². The summed E-state index contributed by atoms with van der Waals surface area (Å²) in [4.78, 5) is 40.7. The third kappa shape index (κ3) is 5.78. The molecule has 8 heteroatoms. The van der Waals surface area contributed by atoms with Crippen molar-refractivity contribution in [1.29, 1.82) is 0 Å². The number of benzene rings is 3. The number of halogens is 1. The number of nitrogens with zero attached hydrogens (tertiary/aromatic N) is 2. The molecule has 3 aromatic rings. The maximum atomic E-state index is 13.1. The Hall–Kier alpha value is -4.20. The fourth-order valence-corrected chi connectivity index (χ4v) is 3.60. The number of amides is 3. The third-order valence-electron chi connectivity index (χ3n) is 5.51. The molecule has 0 aliphatic carbocycles. The molecule has 0 aromatic heterocycles. The summed E-state index contributed by atoms with van der Waals surface area (Å²) in [6.07, 6.45) is 0. The second kappa shape index (κ2) is 10.6. The van der Waals surface area contributed by atoms with Crippen LogP contribution in [0, 0.1) is 5.82 Å². The highest BCUT2D eigenvalue weighted by Gasteiger charge is 2.25. The molecule has 4 rings (SSSR count). The molecule has 1 N–H and O–H groups in total. The van der Waals surface area contributed by atoms with Crippen LogP contribution in [0.5, 0.6) is 11.5 Å². The van der Waals surface area contributed by atoms with E-state index >= 15 is 0 Å². The van der Waals surface area contributed by atoms with Crippen molar-refractivity contribution in [3.63, 3.8) is 0 Å². The topological polar surface area (TPSA) is 79.0 Å². The molecule has 34 heavy (non-hydrogen) atoms. The monoisotopic (exact) mass is 461 g/mol. The minimum atomic E-state index is -0.398.